The molecule has 0 aromatic heterocycles. The lowest BCUT2D eigenvalue weighted by molar-refractivity contribution is -0.131. The van der Waals surface area contributed by atoms with Crippen molar-refractivity contribution in [3.05, 3.63) is 34.9 Å². The standard InChI is InChI=1S/C19H26ClN3O2/c1-3-4-5-9-16(24)10-11-19(2)17(25)23(18(21)22-19)13-14-7-6-8-15(20)12-14/h6-8,12H,3-5,9-11,13H2,1-2H3,(H2,21,22). The molecule has 0 radical (unpaired) electrons. The van der Waals surface area contributed by atoms with E-state index in [0.29, 0.717) is 30.8 Å². The Balaban J connectivity index is 1.96. The predicted octanol–water partition coefficient (Wildman–Crippen LogP) is 3.69. The number of unbranched alkanes of at least 4 members (excludes halogenated alkanes) is 2. The monoisotopic (exact) mass is 363 g/mol. The molecule has 1 heterocycles. The maximum atomic E-state index is 12.8. The van der Waals surface area contributed by atoms with Gasteiger partial charge in [0.2, 0.25) is 0 Å². The number of nitrogens with zero attached hydrogens (tertiary/aromatic N) is 2. The molecule has 6 heteroatoms. The van der Waals surface area contributed by atoms with Crippen LogP contribution in [0.3, 0.4) is 0 Å². The zero-order valence-electron chi connectivity index (χ0n) is 14.9. The quantitative estimate of drug-likeness (QED) is 0.680. The smallest absolute Gasteiger partial charge is 0.257 e. The average Bonchev–Trinajstić information content (AvgIpc) is 2.77. The lowest BCUT2D eigenvalue weighted by atomic mass is 9.93. The van der Waals surface area contributed by atoms with Gasteiger partial charge >= 0.3 is 0 Å². The number of aliphatic imine (C=N–C) groups is 1. The SMILES string of the molecule is CCCCCC(=O)CCC1(C)N=C(N)N(Cc2cccc(Cl)c2)C1=O. The highest BCUT2D eigenvalue weighted by Gasteiger charge is 2.43. The van der Waals surface area contributed by atoms with Crippen molar-refractivity contribution in [3.8, 4) is 0 Å². The Kier molecular flexibility index (Phi) is 6.59. The highest BCUT2D eigenvalue weighted by molar-refractivity contribution is 6.30. The molecular formula is C19H26ClN3O2. The molecule has 0 saturated carbocycles. The number of benzene rings is 1. The van der Waals surface area contributed by atoms with Gasteiger partial charge < -0.3 is 5.73 Å². The number of halogens is 1. The predicted molar refractivity (Wildman–Crippen MR) is 100 cm³/mol. The maximum Gasteiger partial charge on any atom is 0.257 e. The van der Waals surface area contributed by atoms with Crippen molar-refractivity contribution in [1.29, 1.82) is 0 Å². The number of hydrogen-bond donors (Lipinski definition) is 1. The van der Waals surface area contributed by atoms with Gasteiger partial charge in [-0.15, -0.1) is 0 Å². The van der Waals surface area contributed by atoms with Crippen molar-refractivity contribution >= 4 is 29.3 Å². The number of rotatable bonds is 9. The number of hydrogen-bond acceptors (Lipinski definition) is 4. The fraction of sp³-hybridized carbons (Fsp3) is 0.526. The minimum Gasteiger partial charge on any atom is -0.369 e. The Morgan fingerprint density at radius 2 is 2.08 bits per heavy atom. The summed E-state index contributed by atoms with van der Waals surface area (Å²) < 4.78 is 0. The summed E-state index contributed by atoms with van der Waals surface area (Å²) in [5, 5.41) is 0.611. The topological polar surface area (TPSA) is 75.8 Å². The number of ketones is 1. The molecule has 1 aliphatic rings. The fourth-order valence-corrected chi connectivity index (χ4v) is 3.18. The highest BCUT2D eigenvalue weighted by Crippen LogP contribution is 2.28. The van der Waals surface area contributed by atoms with E-state index in [0.717, 1.165) is 24.8 Å². The van der Waals surface area contributed by atoms with Crippen LogP contribution in [0.15, 0.2) is 29.3 Å². The lowest BCUT2D eigenvalue weighted by Gasteiger charge is -2.22. The largest absolute Gasteiger partial charge is 0.369 e. The summed E-state index contributed by atoms with van der Waals surface area (Å²) >= 11 is 5.99. The van der Waals surface area contributed by atoms with Crippen LogP contribution in [0.1, 0.15) is 57.9 Å². The molecule has 0 fully saturated rings. The lowest BCUT2D eigenvalue weighted by Crippen LogP contribution is -2.42. The highest BCUT2D eigenvalue weighted by atomic mass is 35.5. The molecule has 2 rings (SSSR count). The van der Waals surface area contributed by atoms with Crippen LogP contribution in [-0.4, -0.2) is 28.1 Å². The van der Waals surface area contributed by atoms with Gasteiger partial charge in [0.05, 0.1) is 6.54 Å². The molecule has 136 valence electrons. The Bertz CT molecular complexity index is 674. The van der Waals surface area contributed by atoms with Gasteiger partial charge in [0.1, 0.15) is 11.3 Å². The first-order chi connectivity index (χ1) is 11.9. The molecular weight excluding hydrogens is 338 g/mol. The van der Waals surface area contributed by atoms with Gasteiger partial charge in [0.25, 0.3) is 5.91 Å². The molecule has 0 bridgehead atoms. The van der Waals surface area contributed by atoms with Crippen molar-refractivity contribution in [2.24, 2.45) is 10.7 Å². The first-order valence-electron chi connectivity index (χ1n) is 8.79. The van der Waals surface area contributed by atoms with Crippen molar-refractivity contribution in [1.82, 2.24) is 4.90 Å². The van der Waals surface area contributed by atoms with E-state index in [1.165, 1.54) is 4.90 Å². The van der Waals surface area contributed by atoms with Crippen molar-refractivity contribution < 1.29 is 9.59 Å². The summed E-state index contributed by atoms with van der Waals surface area (Å²) in [4.78, 5) is 30.6. The van der Waals surface area contributed by atoms with Crippen molar-refractivity contribution in [2.45, 2.75) is 64.5 Å². The van der Waals surface area contributed by atoms with Crippen LogP contribution in [0.25, 0.3) is 0 Å². The van der Waals surface area contributed by atoms with Crippen LogP contribution < -0.4 is 5.73 Å². The number of amides is 1. The van der Waals surface area contributed by atoms with E-state index in [4.69, 9.17) is 17.3 Å². The van der Waals surface area contributed by atoms with E-state index in [2.05, 4.69) is 11.9 Å². The number of nitrogens with two attached hydrogens (primary N) is 1. The van der Waals surface area contributed by atoms with Gasteiger partial charge in [-0.1, -0.05) is 43.5 Å². The molecule has 0 spiro atoms. The van der Waals surface area contributed by atoms with Gasteiger partial charge in [-0.25, -0.2) is 4.99 Å². The average molecular weight is 364 g/mol. The second kappa shape index (κ2) is 8.48. The summed E-state index contributed by atoms with van der Waals surface area (Å²) in [6.45, 7) is 4.18. The maximum absolute atomic E-state index is 12.8. The Labute approximate surface area is 154 Å². The fourth-order valence-electron chi connectivity index (χ4n) is 2.97. The number of guanidine groups is 1. The summed E-state index contributed by atoms with van der Waals surface area (Å²) in [7, 11) is 0. The number of carbonyl (C=O) groups excluding carboxylic acids is 2. The zero-order valence-corrected chi connectivity index (χ0v) is 15.7. The molecule has 2 N–H and O–H groups in total. The molecule has 1 aromatic carbocycles. The van der Waals surface area contributed by atoms with Gasteiger partial charge in [-0.3, -0.25) is 14.5 Å². The van der Waals surface area contributed by atoms with E-state index in [-0.39, 0.29) is 17.6 Å². The van der Waals surface area contributed by atoms with Gasteiger partial charge in [0, 0.05) is 17.9 Å². The molecule has 0 saturated heterocycles. The molecule has 5 nitrogen and oxygen atoms in total. The summed E-state index contributed by atoms with van der Waals surface area (Å²) in [6.07, 6.45) is 4.37. The number of carbonyl (C=O) groups is 2. The Morgan fingerprint density at radius 1 is 1.32 bits per heavy atom. The van der Waals surface area contributed by atoms with Gasteiger partial charge in [0.15, 0.2) is 5.96 Å². The Morgan fingerprint density at radius 3 is 2.76 bits per heavy atom. The van der Waals surface area contributed by atoms with E-state index in [9.17, 15) is 9.59 Å². The first-order valence-corrected chi connectivity index (χ1v) is 9.17. The number of Topliss-reactive ketones (excluding diaryl/α,β-unsaturated/α-hetero) is 1. The van der Waals surface area contributed by atoms with Crippen LogP contribution >= 0.6 is 11.6 Å². The normalized spacial score (nSPS) is 20.0. The van der Waals surface area contributed by atoms with Crippen LogP contribution in [0.5, 0.6) is 0 Å². The van der Waals surface area contributed by atoms with Crippen molar-refractivity contribution in [3.63, 3.8) is 0 Å². The summed E-state index contributed by atoms with van der Waals surface area (Å²) in [5.74, 6) is 0.224. The minimum absolute atomic E-state index is 0.161. The molecule has 1 unspecified atom stereocenters. The van der Waals surface area contributed by atoms with Crippen LogP contribution in [0, 0.1) is 0 Å². The minimum atomic E-state index is -0.955. The third-order valence-electron chi connectivity index (χ3n) is 4.52. The Hall–Kier alpha value is -1.88. The molecule has 25 heavy (non-hydrogen) atoms. The summed E-state index contributed by atoms with van der Waals surface area (Å²) in [6, 6.07) is 7.30. The first kappa shape index (κ1) is 19.4. The summed E-state index contributed by atoms with van der Waals surface area (Å²) in [5.41, 5.74) is 5.91. The molecule has 0 aliphatic carbocycles. The van der Waals surface area contributed by atoms with Crippen LogP contribution in [0.4, 0.5) is 0 Å². The van der Waals surface area contributed by atoms with E-state index >= 15 is 0 Å². The van der Waals surface area contributed by atoms with E-state index in [1.54, 1.807) is 19.1 Å². The van der Waals surface area contributed by atoms with Gasteiger partial charge in [-0.05, 0) is 37.5 Å². The zero-order chi connectivity index (χ0) is 18.4. The van der Waals surface area contributed by atoms with Crippen LogP contribution in [0.2, 0.25) is 5.02 Å². The third kappa shape index (κ3) is 5.05. The molecule has 1 amide bonds. The van der Waals surface area contributed by atoms with Crippen molar-refractivity contribution in [2.75, 3.05) is 0 Å². The third-order valence-corrected chi connectivity index (χ3v) is 4.76. The van der Waals surface area contributed by atoms with Crippen LogP contribution in [-0.2, 0) is 16.1 Å². The molecule has 1 aromatic rings. The van der Waals surface area contributed by atoms with E-state index in [1.807, 2.05) is 12.1 Å². The van der Waals surface area contributed by atoms with Gasteiger partial charge in [-0.2, -0.15) is 0 Å². The molecule has 1 atom stereocenters. The van der Waals surface area contributed by atoms with E-state index < -0.39 is 5.54 Å². The second-order valence-corrected chi connectivity index (χ2v) is 7.20. The molecule has 1 aliphatic heterocycles. The second-order valence-electron chi connectivity index (χ2n) is 6.76.